The molecule has 0 bridgehead atoms. The molecular formula is C13H16BrN2O. The van der Waals surface area contributed by atoms with Crippen LogP contribution in [0.4, 0.5) is 0 Å². The molecule has 1 aliphatic rings. The number of hydroxylamine groups is 2. The van der Waals surface area contributed by atoms with Gasteiger partial charge in [-0.15, -0.1) is 0 Å². The summed E-state index contributed by atoms with van der Waals surface area (Å²) in [5.41, 5.74) is -0.0510. The SMILES string of the molecule is CC1(C)N=C(c2cccc(Br)c2)N([O])C1(C)C. The van der Waals surface area contributed by atoms with E-state index in [9.17, 15) is 5.21 Å². The molecule has 0 aromatic heterocycles. The molecule has 0 unspecified atom stereocenters. The molecule has 1 heterocycles. The highest BCUT2D eigenvalue weighted by Gasteiger charge is 2.50. The predicted octanol–water partition coefficient (Wildman–Crippen LogP) is 3.41. The van der Waals surface area contributed by atoms with Crippen LogP contribution in [0.25, 0.3) is 0 Å². The summed E-state index contributed by atoms with van der Waals surface area (Å²) in [6.07, 6.45) is 0. The van der Waals surface area contributed by atoms with E-state index in [-0.39, 0.29) is 5.54 Å². The number of hydrogen-bond donors (Lipinski definition) is 0. The molecule has 91 valence electrons. The van der Waals surface area contributed by atoms with Crippen molar-refractivity contribution < 1.29 is 5.21 Å². The first-order valence-electron chi connectivity index (χ1n) is 5.59. The minimum atomic E-state index is -0.523. The van der Waals surface area contributed by atoms with Gasteiger partial charge in [-0.3, -0.25) is 4.99 Å². The number of rotatable bonds is 1. The molecule has 0 N–H and O–H groups in total. The van der Waals surface area contributed by atoms with Gasteiger partial charge in [0.25, 0.3) is 0 Å². The Bertz CT molecular complexity index is 480. The molecule has 0 saturated carbocycles. The number of halogens is 1. The van der Waals surface area contributed by atoms with Crippen molar-refractivity contribution >= 4 is 21.8 Å². The topological polar surface area (TPSA) is 35.5 Å². The second-order valence-corrected chi connectivity index (χ2v) is 6.27. The quantitative estimate of drug-likeness (QED) is 0.782. The lowest BCUT2D eigenvalue weighted by molar-refractivity contribution is -0.158. The standard InChI is InChI=1S/C13H16BrN2O/c1-12(2)13(3,4)16(17)11(15-12)9-6-5-7-10(14)8-9/h5-8H,1-4H3. The normalized spacial score (nSPS) is 21.5. The molecule has 2 rings (SSSR count). The first-order valence-corrected chi connectivity index (χ1v) is 6.38. The summed E-state index contributed by atoms with van der Waals surface area (Å²) in [5, 5.41) is 13.3. The van der Waals surface area contributed by atoms with Gasteiger partial charge in [-0.2, -0.15) is 5.06 Å². The fourth-order valence-corrected chi connectivity index (χ4v) is 2.17. The van der Waals surface area contributed by atoms with Crippen LogP contribution in [-0.4, -0.2) is 22.0 Å². The van der Waals surface area contributed by atoms with Gasteiger partial charge in [0.15, 0.2) is 5.84 Å². The summed E-state index contributed by atoms with van der Waals surface area (Å²) in [6, 6.07) is 7.67. The third-order valence-electron chi connectivity index (χ3n) is 3.67. The number of amidine groups is 1. The van der Waals surface area contributed by atoms with Crippen molar-refractivity contribution in [1.29, 1.82) is 0 Å². The molecule has 17 heavy (non-hydrogen) atoms. The Hall–Kier alpha value is -0.870. The summed E-state index contributed by atoms with van der Waals surface area (Å²) in [4.78, 5) is 4.57. The van der Waals surface area contributed by atoms with Crippen LogP contribution in [0.5, 0.6) is 0 Å². The molecule has 3 nitrogen and oxygen atoms in total. The van der Waals surface area contributed by atoms with E-state index in [1.54, 1.807) is 0 Å². The Morgan fingerprint density at radius 1 is 1.24 bits per heavy atom. The Kier molecular flexibility index (Phi) is 2.83. The van der Waals surface area contributed by atoms with Crippen molar-refractivity contribution in [2.45, 2.75) is 38.8 Å². The highest BCUT2D eigenvalue weighted by atomic mass is 79.9. The second-order valence-electron chi connectivity index (χ2n) is 5.36. The minimum Gasteiger partial charge on any atom is -0.257 e. The lowest BCUT2D eigenvalue weighted by Gasteiger charge is -2.35. The van der Waals surface area contributed by atoms with Gasteiger partial charge in [0.2, 0.25) is 0 Å². The number of benzene rings is 1. The molecule has 0 spiro atoms. The zero-order valence-corrected chi connectivity index (χ0v) is 12.1. The second kappa shape index (κ2) is 3.82. The lowest BCUT2D eigenvalue weighted by Crippen LogP contribution is -2.50. The molecule has 0 atom stereocenters. The van der Waals surface area contributed by atoms with Gasteiger partial charge in [-0.25, -0.2) is 0 Å². The van der Waals surface area contributed by atoms with E-state index >= 15 is 0 Å². The maximum absolute atomic E-state index is 12.3. The summed E-state index contributed by atoms with van der Waals surface area (Å²) in [5.74, 6) is 0.515. The van der Waals surface area contributed by atoms with Crippen molar-refractivity contribution in [2.24, 2.45) is 4.99 Å². The number of nitrogens with zero attached hydrogens (tertiary/aromatic N) is 2. The zero-order chi connectivity index (χ0) is 12.8. The predicted molar refractivity (Wildman–Crippen MR) is 71.4 cm³/mol. The van der Waals surface area contributed by atoms with Crippen molar-refractivity contribution in [1.82, 2.24) is 5.06 Å². The lowest BCUT2D eigenvalue weighted by atomic mass is 9.84. The Morgan fingerprint density at radius 2 is 1.88 bits per heavy atom. The highest BCUT2D eigenvalue weighted by molar-refractivity contribution is 9.10. The Morgan fingerprint density at radius 3 is 2.35 bits per heavy atom. The summed E-state index contributed by atoms with van der Waals surface area (Å²) >= 11 is 3.41. The molecule has 0 fully saturated rings. The molecule has 1 aromatic carbocycles. The summed E-state index contributed by atoms with van der Waals surface area (Å²) < 4.78 is 0.952. The van der Waals surface area contributed by atoms with Gasteiger partial charge in [-0.1, -0.05) is 33.3 Å². The molecule has 4 heteroatoms. The summed E-state index contributed by atoms with van der Waals surface area (Å²) in [6.45, 7) is 7.83. The van der Waals surface area contributed by atoms with Crippen molar-refractivity contribution in [2.75, 3.05) is 0 Å². The largest absolute Gasteiger partial charge is 0.257 e. The first kappa shape index (κ1) is 12.6. The zero-order valence-electron chi connectivity index (χ0n) is 10.5. The third-order valence-corrected chi connectivity index (χ3v) is 4.16. The van der Waals surface area contributed by atoms with Crippen LogP contribution in [0, 0.1) is 0 Å². The van der Waals surface area contributed by atoms with Gasteiger partial charge in [0, 0.05) is 10.0 Å². The van der Waals surface area contributed by atoms with Crippen LogP contribution >= 0.6 is 15.9 Å². The molecule has 1 aromatic rings. The van der Waals surface area contributed by atoms with Gasteiger partial charge in [-0.05, 0) is 39.8 Å². The third kappa shape index (κ3) is 1.89. The van der Waals surface area contributed by atoms with Crippen molar-refractivity contribution in [3.8, 4) is 0 Å². The van der Waals surface area contributed by atoms with E-state index in [0.717, 1.165) is 15.1 Å². The maximum Gasteiger partial charge on any atom is 0.159 e. The van der Waals surface area contributed by atoms with Crippen LogP contribution in [0.1, 0.15) is 33.3 Å². The van der Waals surface area contributed by atoms with E-state index in [2.05, 4.69) is 20.9 Å². The molecule has 1 aliphatic heterocycles. The average Bonchev–Trinajstić information content (AvgIpc) is 2.39. The summed E-state index contributed by atoms with van der Waals surface area (Å²) in [7, 11) is 0. The number of hydrogen-bond acceptors (Lipinski definition) is 2. The van der Waals surface area contributed by atoms with E-state index < -0.39 is 5.54 Å². The molecule has 1 radical (unpaired) electrons. The van der Waals surface area contributed by atoms with E-state index in [1.807, 2.05) is 52.0 Å². The van der Waals surface area contributed by atoms with Crippen LogP contribution in [0.15, 0.2) is 33.7 Å². The smallest absolute Gasteiger partial charge is 0.159 e. The van der Waals surface area contributed by atoms with Gasteiger partial charge >= 0.3 is 0 Å². The molecule has 0 aliphatic carbocycles. The fourth-order valence-electron chi connectivity index (χ4n) is 1.77. The van der Waals surface area contributed by atoms with Crippen LogP contribution < -0.4 is 0 Å². The molecule has 0 amide bonds. The van der Waals surface area contributed by atoms with E-state index in [4.69, 9.17) is 0 Å². The first-order chi connectivity index (χ1) is 7.75. The van der Waals surface area contributed by atoms with Crippen LogP contribution in [-0.2, 0) is 5.21 Å². The Labute approximate surface area is 110 Å². The van der Waals surface area contributed by atoms with Gasteiger partial charge in [0.1, 0.15) is 0 Å². The van der Waals surface area contributed by atoms with Crippen molar-refractivity contribution in [3.05, 3.63) is 34.3 Å². The monoisotopic (exact) mass is 295 g/mol. The molecule has 0 saturated heterocycles. The van der Waals surface area contributed by atoms with Crippen molar-refractivity contribution in [3.63, 3.8) is 0 Å². The average molecular weight is 296 g/mol. The molecular weight excluding hydrogens is 280 g/mol. The van der Waals surface area contributed by atoms with Gasteiger partial charge in [0.05, 0.1) is 11.1 Å². The highest BCUT2D eigenvalue weighted by Crippen LogP contribution is 2.38. The maximum atomic E-state index is 12.3. The minimum absolute atomic E-state index is 0.383. The van der Waals surface area contributed by atoms with Crippen LogP contribution in [0.2, 0.25) is 0 Å². The van der Waals surface area contributed by atoms with E-state index in [0.29, 0.717) is 5.84 Å². The van der Waals surface area contributed by atoms with Gasteiger partial charge < -0.3 is 0 Å². The fraction of sp³-hybridized carbons (Fsp3) is 0.462. The van der Waals surface area contributed by atoms with E-state index in [1.165, 1.54) is 0 Å². The Balaban J connectivity index is 2.49. The van der Waals surface area contributed by atoms with Crippen LogP contribution in [0.3, 0.4) is 0 Å². The number of aliphatic imine (C=N–C) groups is 1.